The summed E-state index contributed by atoms with van der Waals surface area (Å²) in [5.74, 6) is 0.979. The molecule has 7 heteroatoms. The molecule has 2 heterocycles. The summed E-state index contributed by atoms with van der Waals surface area (Å²) in [7, 11) is 0. The van der Waals surface area contributed by atoms with E-state index in [1.54, 1.807) is 4.68 Å². The predicted octanol–water partition coefficient (Wildman–Crippen LogP) is 4.09. The molecule has 0 bridgehead atoms. The van der Waals surface area contributed by atoms with Gasteiger partial charge in [0.25, 0.3) is 5.56 Å². The largest absolute Gasteiger partial charge is 0.310 e. The predicted molar refractivity (Wildman–Crippen MR) is 116 cm³/mol. The van der Waals surface area contributed by atoms with Crippen LogP contribution in [0.3, 0.4) is 0 Å². The molecule has 30 heavy (non-hydrogen) atoms. The van der Waals surface area contributed by atoms with Crippen molar-refractivity contribution in [2.45, 2.75) is 57.8 Å². The Balaban J connectivity index is 1.70. The highest BCUT2D eigenvalue weighted by atomic mass is 16.2. The van der Waals surface area contributed by atoms with Crippen LogP contribution >= 0.6 is 0 Å². The van der Waals surface area contributed by atoms with E-state index in [9.17, 15) is 9.59 Å². The van der Waals surface area contributed by atoms with E-state index in [0.29, 0.717) is 29.8 Å². The quantitative estimate of drug-likeness (QED) is 0.619. The minimum Gasteiger partial charge on any atom is -0.310 e. The Morgan fingerprint density at radius 2 is 1.97 bits per heavy atom. The van der Waals surface area contributed by atoms with Crippen molar-refractivity contribution in [3.63, 3.8) is 0 Å². The lowest BCUT2D eigenvalue weighted by atomic mass is 9.96. The molecule has 7 nitrogen and oxygen atoms in total. The van der Waals surface area contributed by atoms with E-state index in [-0.39, 0.29) is 23.3 Å². The molecule has 2 N–H and O–H groups in total. The highest BCUT2D eigenvalue weighted by molar-refractivity contribution is 5.95. The number of amides is 1. The fraction of sp³-hybridized carbons (Fsp3) is 0.391. The van der Waals surface area contributed by atoms with Gasteiger partial charge in [0.2, 0.25) is 11.9 Å². The van der Waals surface area contributed by atoms with Gasteiger partial charge >= 0.3 is 0 Å². The van der Waals surface area contributed by atoms with Gasteiger partial charge in [0.15, 0.2) is 0 Å². The fourth-order valence-electron chi connectivity index (χ4n) is 3.56. The summed E-state index contributed by atoms with van der Waals surface area (Å²) >= 11 is 0. The molecule has 156 valence electrons. The summed E-state index contributed by atoms with van der Waals surface area (Å²) in [6.07, 6.45) is 2.85. The van der Waals surface area contributed by atoms with Gasteiger partial charge in [-0.25, -0.2) is 4.98 Å². The minimum atomic E-state index is -0.270. The number of carbonyl (C=O) groups excluding carboxylic acids is 1. The average molecular weight is 406 g/mol. The van der Waals surface area contributed by atoms with Gasteiger partial charge in [-0.05, 0) is 30.7 Å². The van der Waals surface area contributed by atoms with Gasteiger partial charge in [-0.3, -0.25) is 14.6 Å². The third kappa shape index (κ3) is 4.20. The SMILES string of the molecule is CC[C@@H](C(=O)Nc1cc(C2CC2)nn1-c1nc(C(C)C)cc(=O)[nH]1)c1ccccc1. The van der Waals surface area contributed by atoms with Gasteiger partial charge in [0.05, 0.1) is 17.3 Å². The van der Waals surface area contributed by atoms with Crippen molar-refractivity contribution in [1.82, 2.24) is 19.7 Å². The van der Waals surface area contributed by atoms with Gasteiger partial charge in [-0.15, -0.1) is 0 Å². The highest BCUT2D eigenvalue weighted by Gasteiger charge is 2.29. The second-order valence-corrected chi connectivity index (χ2v) is 8.15. The molecule has 1 fully saturated rings. The van der Waals surface area contributed by atoms with E-state index < -0.39 is 0 Å². The Labute approximate surface area is 175 Å². The number of H-pyrrole nitrogens is 1. The zero-order valence-electron chi connectivity index (χ0n) is 17.6. The second-order valence-electron chi connectivity index (χ2n) is 8.15. The molecule has 4 rings (SSSR count). The van der Waals surface area contributed by atoms with Crippen molar-refractivity contribution in [1.29, 1.82) is 0 Å². The number of aromatic amines is 1. The average Bonchev–Trinajstić information content (AvgIpc) is 3.49. The summed E-state index contributed by atoms with van der Waals surface area (Å²) in [6, 6.07) is 13.1. The fourth-order valence-corrected chi connectivity index (χ4v) is 3.56. The smallest absolute Gasteiger partial charge is 0.252 e. The van der Waals surface area contributed by atoms with Gasteiger partial charge in [0.1, 0.15) is 5.82 Å². The number of benzene rings is 1. The molecule has 2 aromatic heterocycles. The first kappa shape index (κ1) is 20.1. The lowest BCUT2D eigenvalue weighted by Crippen LogP contribution is -2.23. The summed E-state index contributed by atoms with van der Waals surface area (Å²) in [5, 5.41) is 7.69. The first-order valence-corrected chi connectivity index (χ1v) is 10.5. The van der Waals surface area contributed by atoms with Crippen LogP contribution < -0.4 is 10.9 Å². The number of hydrogen-bond donors (Lipinski definition) is 2. The van der Waals surface area contributed by atoms with Crippen LogP contribution in [-0.2, 0) is 4.79 Å². The Kier molecular flexibility index (Phi) is 5.53. The van der Waals surface area contributed by atoms with Gasteiger partial charge in [0, 0.05) is 18.1 Å². The zero-order chi connectivity index (χ0) is 21.3. The van der Waals surface area contributed by atoms with Gasteiger partial charge in [-0.1, -0.05) is 51.1 Å². The Morgan fingerprint density at radius 1 is 1.23 bits per heavy atom. The monoisotopic (exact) mass is 405 g/mol. The third-order valence-electron chi connectivity index (χ3n) is 5.44. The Morgan fingerprint density at radius 3 is 2.60 bits per heavy atom. The van der Waals surface area contributed by atoms with E-state index in [0.717, 1.165) is 24.1 Å². The van der Waals surface area contributed by atoms with Crippen molar-refractivity contribution in [2.75, 3.05) is 5.32 Å². The van der Waals surface area contributed by atoms with Gasteiger partial charge in [-0.2, -0.15) is 9.78 Å². The second kappa shape index (κ2) is 8.26. The zero-order valence-corrected chi connectivity index (χ0v) is 17.6. The van der Waals surface area contributed by atoms with Crippen molar-refractivity contribution < 1.29 is 4.79 Å². The molecule has 0 unspecified atom stereocenters. The number of aromatic nitrogens is 4. The van der Waals surface area contributed by atoms with Crippen LogP contribution in [0.4, 0.5) is 5.82 Å². The summed E-state index contributed by atoms with van der Waals surface area (Å²) in [5.41, 5.74) is 2.33. The lowest BCUT2D eigenvalue weighted by Gasteiger charge is -2.16. The topological polar surface area (TPSA) is 92.7 Å². The van der Waals surface area contributed by atoms with Crippen LogP contribution in [0.15, 0.2) is 47.3 Å². The van der Waals surface area contributed by atoms with E-state index >= 15 is 0 Å². The molecule has 1 aliphatic carbocycles. The molecule has 1 amide bonds. The van der Waals surface area contributed by atoms with Gasteiger partial charge < -0.3 is 5.32 Å². The number of hydrogen-bond acceptors (Lipinski definition) is 4. The summed E-state index contributed by atoms with van der Waals surface area (Å²) < 4.78 is 1.55. The molecule has 3 aromatic rings. The number of rotatable bonds is 7. The van der Waals surface area contributed by atoms with E-state index in [1.165, 1.54) is 6.07 Å². The number of nitrogens with one attached hydrogen (secondary N) is 2. The van der Waals surface area contributed by atoms with Crippen LogP contribution in [0.1, 0.15) is 74.7 Å². The Bertz CT molecular complexity index is 1100. The van der Waals surface area contributed by atoms with Crippen molar-refractivity contribution in [3.8, 4) is 5.95 Å². The van der Waals surface area contributed by atoms with Crippen LogP contribution in [0.5, 0.6) is 0 Å². The van der Waals surface area contributed by atoms with Crippen LogP contribution in [0.2, 0.25) is 0 Å². The first-order chi connectivity index (χ1) is 14.5. The molecule has 1 atom stereocenters. The van der Waals surface area contributed by atoms with Crippen molar-refractivity contribution >= 4 is 11.7 Å². The van der Waals surface area contributed by atoms with Crippen molar-refractivity contribution in [3.05, 3.63) is 69.8 Å². The summed E-state index contributed by atoms with van der Waals surface area (Å²) in [4.78, 5) is 32.7. The maximum atomic E-state index is 13.1. The molecule has 1 aliphatic rings. The molecule has 1 aromatic carbocycles. The van der Waals surface area contributed by atoms with Crippen LogP contribution in [0.25, 0.3) is 5.95 Å². The third-order valence-corrected chi connectivity index (χ3v) is 5.44. The summed E-state index contributed by atoms with van der Waals surface area (Å²) in [6.45, 7) is 5.96. The molecule has 0 spiro atoms. The minimum absolute atomic E-state index is 0.102. The maximum Gasteiger partial charge on any atom is 0.252 e. The van der Waals surface area contributed by atoms with Crippen LogP contribution in [0, 0.1) is 0 Å². The maximum absolute atomic E-state index is 13.1. The highest BCUT2D eigenvalue weighted by Crippen LogP contribution is 2.40. The van der Waals surface area contributed by atoms with E-state index in [1.807, 2.05) is 57.2 Å². The van der Waals surface area contributed by atoms with Crippen molar-refractivity contribution in [2.24, 2.45) is 0 Å². The van der Waals surface area contributed by atoms with E-state index in [2.05, 4.69) is 20.4 Å². The number of anilines is 1. The van der Waals surface area contributed by atoms with Crippen LogP contribution in [-0.4, -0.2) is 25.7 Å². The van der Waals surface area contributed by atoms with E-state index in [4.69, 9.17) is 0 Å². The number of carbonyl (C=O) groups is 1. The molecule has 0 saturated heterocycles. The number of nitrogens with zero attached hydrogens (tertiary/aromatic N) is 3. The molecule has 0 aliphatic heterocycles. The first-order valence-electron chi connectivity index (χ1n) is 10.5. The molecular weight excluding hydrogens is 378 g/mol. The lowest BCUT2D eigenvalue weighted by molar-refractivity contribution is -0.117. The molecule has 1 saturated carbocycles. The molecular formula is C23H27N5O2. The standard InChI is InChI=1S/C23H27N5O2/c1-4-17(15-8-6-5-7-9-15)22(30)25-20-12-19(16-10-11-16)27-28(20)23-24-18(14(2)3)13-21(29)26-23/h5-9,12-14,16-17H,4,10-11H2,1-3H3,(H,25,30)(H,24,26,29)/t17-/m1/s1. The normalized spacial score (nSPS) is 14.7. The Hall–Kier alpha value is -3.22. The molecule has 0 radical (unpaired) electrons.